The van der Waals surface area contributed by atoms with E-state index in [0.717, 1.165) is 25.7 Å². The average Bonchev–Trinajstić information content (AvgIpc) is 3.06. The smallest absolute Gasteiger partial charge is 0.136 e. The number of carbonyl (C=O) groups excluding carboxylic acids is 1. The molecule has 0 amide bonds. The topological polar surface area (TPSA) is 57.5 Å². The molecular formula is C28H48O3. The number of fused-ring (bicyclic) bond motifs is 5. The summed E-state index contributed by atoms with van der Waals surface area (Å²) in [6, 6.07) is 0. The van der Waals surface area contributed by atoms with Crippen LogP contribution >= 0.6 is 0 Å². The van der Waals surface area contributed by atoms with Crippen molar-refractivity contribution >= 4 is 5.78 Å². The van der Waals surface area contributed by atoms with Gasteiger partial charge in [-0.2, -0.15) is 0 Å². The quantitative estimate of drug-likeness (QED) is 0.572. The minimum Gasteiger partial charge on any atom is -0.393 e. The molecule has 4 saturated carbocycles. The zero-order chi connectivity index (χ0) is 22.7. The third-order valence-electron chi connectivity index (χ3n) is 11.5. The van der Waals surface area contributed by atoms with Gasteiger partial charge in [-0.25, -0.2) is 0 Å². The monoisotopic (exact) mass is 432 g/mol. The van der Waals surface area contributed by atoms with Crippen LogP contribution in [0.2, 0.25) is 0 Å². The molecule has 4 aliphatic carbocycles. The zero-order valence-corrected chi connectivity index (χ0v) is 20.9. The first-order valence-corrected chi connectivity index (χ1v) is 13.4. The van der Waals surface area contributed by atoms with Gasteiger partial charge in [-0.3, -0.25) is 4.79 Å². The summed E-state index contributed by atoms with van der Waals surface area (Å²) in [4.78, 5) is 13.3. The molecule has 0 aliphatic heterocycles. The van der Waals surface area contributed by atoms with Crippen LogP contribution in [0, 0.1) is 58.2 Å². The van der Waals surface area contributed by atoms with Crippen molar-refractivity contribution in [2.24, 2.45) is 58.2 Å². The molecule has 178 valence electrons. The Morgan fingerprint density at radius 3 is 2.29 bits per heavy atom. The second-order valence-electron chi connectivity index (χ2n) is 13.1. The van der Waals surface area contributed by atoms with Crippen LogP contribution in [0.5, 0.6) is 0 Å². The molecule has 0 bridgehead atoms. The largest absolute Gasteiger partial charge is 0.393 e. The Bertz CT molecular complexity index is 673. The fraction of sp³-hybridized carbons (Fsp3) is 0.964. The third kappa shape index (κ3) is 3.84. The zero-order valence-electron chi connectivity index (χ0n) is 20.9. The van der Waals surface area contributed by atoms with Crippen LogP contribution in [0.15, 0.2) is 0 Å². The van der Waals surface area contributed by atoms with E-state index in [0.29, 0.717) is 53.6 Å². The van der Waals surface area contributed by atoms with Crippen molar-refractivity contribution < 1.29 is 15.0 Å². The van der Waals surface area contributed by atoms with Crippen molar-refractivity contribution in [3.05, 3.63) is 0 Å². The molecule has 3 heteroatoms. The van der Waals surface area contributed by atoms with E-state index in [1.54, 1.807) is 0 Å². The molecule has 2 N–H and O–H groups in total. The molecule has 0 heterocycles. The summed E-state index contributed by atoms with van der Waals surface area (Å²) in [5.74, 6) is 4.37. The highest BCUT2D eigenvalue weighted by atomic mass is 16.3. The molecule has 11 atom stereocenters. The molecule has 0 aromatic rings. The number of ketones is 1. The normalized spacial score (nSPS) is 48.0. The number of rotatable bonds is 5. The van der Waals surface area contributed by atoms with Gasteiger partial charge in [0.1, 0.15) is 5.78 Å². The second kappa shape index (κ2) is 8.42. The predicted octanol–water partition coefficient (Wildman–Crippen LogP) is 5.86. The molecule has 4 aliphatic rings. The number of aliphatic hydroxyl groups excluding tert-OH is 2. The van der Waals surface area contributed by atoms with Crippen LogP contribution in [0.4, 0.5) is 0 Å². The van der Waals surface area contributed by atoms with Gasteiger partial charge in [0.2, 0.25) is 0 Å². The molecule has 3 nitrogen and oxygen atoms in total. The van der Waals surface area contributed by atoms with Crippen LogP contribution in [0.1, 0.15) is 99.3 Å². The lowest BCUT2D eigenvalue weighted by atomic mass is 9.44. The van der Waals surface area contributed by atoms with Crippen molar-refractivity contribution in [3.63, 3.8) is 0 Å². The molecule has 4 rings (SSSR count). The lowest BCUT2D eigenvalue weighted by Crippen LogP contribution is -2.57. The molecule has 0 saturated heterocycles. The van der Waals surface area contributed by atoms with E-state index in [9.17, 15) is 15.0 Å². The van der Waals surface area contributed by atoms with E-state index in [1.165, 1.54) is 25.7 Å². The molecule has 0 spiro atoms. The van der Waals surface area contributed by atoms with Crippen LogP contribution in [0.25, 0.3) is 0 Å². The van der Waals surface area contributed by atoms with Gasteiger partial charge >= 0.3 is 0 Å². The SMILES string of the molecule is CC(C)[C@H](C)C[C@H](O)[C@@H](C)[C@H]1CC[C@H]2[C@@H]3CC(=O)C4C[C@@H](O)CC[C@]4(C)[C@H]3CC[C@]12C. The maximum Gasteiger partial charge on any atom is 0.136 e. The molecule has 4 fully saturated rings. The summed E-state index contributed by atoms with van der Waals surface area (Å²) >= 11 is 0. The van der Waals surface area contributed by atoms with E-state index < -0.39 is 0 Å². The Balaban J connectivity index is 1.53. The van der Waals surface area contributed by atoms with Crippen LogP contribution in [0.3, 0.4) is 0 Å². The standard InChI is InChI=1S/C28H48O3/c1-16(2)17(3)13-25(30)18(4)21-7-8-22-20-15-26(31)24-14-19(29)9-11-28(24,6)23(20)10-12-27(21,22)5/h16-25,29-30H,7-15H2,1-6H3/t17-,18+,19+,20+,21-,22+,23+,24?,25+,27-,28-/m1/s1. The van der Waals surface area contributed by atoms with E-state index in [4.69, 9.17) is 0 Å². The van der Waals surface area contributed by atoms with Crippen LogP contribution < -0.4 is 0 Å². The average molecular weight is 433 g/mol. The molecule has 1 unspecified atom stereocenters. The number of hydrogen-bond acceptors (Lipinski definition) is 3. The first-order chi connectivity index (χ1) is 14.5. The minimum absolute atomic E-state index is 0.0809. The summed E-state index contributed by atoms with van der Waals surface area (Å²) in [5, 5.41) is 21.4. The summed E-state index contributed by atoms with van der Waals surface area (Å²) in [7, 11) is 0. The lowest BCUT2D eigenvalue weighted by molar-refractivity contribution is -0.160. The van der Waals surface area contributed by atoms with Gasteiger partial charge in [-0.15, -0.1) is 0 Å². The van der Waals surface area contributed by atoms with Crippen LogP contribution in [-0.4, -0.2) is 28.2 Å². The lowest BCUT2D eigenvalue weighted by Gasteiger charge is -2.60. The van der Waals surface area contributed by atoms with Crippen molar-refractivity contribution in [3.8, 4) is 0 Å². The van der Waals surface area contributed by atoms with Crippen molar-refractivity contribution in [1.82, 2.24) is 0 Å². The predicted molar refractivity (Wildman–Crippen MR) is 125 cm³/mol. The van der Waals surface area contributed by atoms with Gasteiger partial charge in [-0.05, 0) is 104 Å². The van der Waals surface area contributed by atoms with Gasteiger partial charge in [0.05, 0.1) is 12.2 Å². The molecule has 0 aromatic heterocycles. The van der Waals surface area contributed by atoms with Crippen LogP contribution in [-0.2, 0) is 4.79 Å². The summed E-state index contributed by atoms with van der Waals surface area (Å²) in [6.45, 7) is 14.0. The van der Waals surface area contributed by atoms with Gasteiger partial charge in [0.25, 0.3) is 0 Å². The Hall–Kier alpha value is -0.410. The number of carbonyl (C=O) groups is 1. The first-order valence-electron chi connectivity index (χ1n) is 13.4. The Labute approximate surface area is 190 Å². The summed E-state index contributed by atoms with van der Waals surface area (Å²) < 4.78 is 0. The highest BCUT2D eigenvalue weighted by Gasteiger charge is 2.62. The Kier molecular flexibility index (Phi) is 6.45. The number of hydrogen-bond donors (Lipinski definition) is 2. The summed E-state index contributed by atoms with van der Waals surface area (Å²) in [6.07, 6.45) is 8.65. The molecule has 0 radical (unpaired) electrons. The van der Waals surface area contributed by atoms with E-state index >= 15 is 0 Å². The minimum atomic E-state index is -0.279. The molecular weight excluding hydrogens is 384 g/mol. The van der Waals surface area contributed by atoms with E-state index in [-0.39, 0.29) is 29.0 Å². The van der Waals surface area contributed by atoms with Gasteiger partial charge in [-0.1, -0.05) is 41.5 Å². The third-order valence-corrected chi connectivity index (χ3v) is 11.5. The fourth-order valence-electron chi connectivity index (χ4n) is 9.06. The second-order valence-corrected chi connectivity index (χ2v) is 13.1. The fourth-order valence-corrected chi connectivity index (χ4v) is 9.06. The maximum absolute atomic E-state index is 13.3. The number of aliphatic hydroxyl groups is 2. The van der Waals surface area contributed by atoms with E-state index in [2.05, 4.69) is 41.5 Å². The first kappa shape index (κ1) is 23.7. The molecule has 31 heavy (non-hydrogen) atoms. The number of Topliss-reactive ketones (excluding diaryl/α,β-unsaturated/α-hetero) is 1. The maximum atomic E-state index is 13.3. The van der Waals surface area contributed by atoms with E-state index in [1.807, 2.05) is 0 Å². The highest BCUT2D eigenvalue weighted by molar-refractivity contribution is 5.83. The van der Waals surface area contributed by atoms with Gasteiger partial charge in [0.15, 0.2) is 0 Å². The van der Waals surface area contributed by atoms with Crippen molar-refractivity contribution in [2.45, 2.75) is 112 Å². The van der Waals surface area contributed by atoms with Crippen molar-refractivity contribution in [2.75, 3.05) is 0 Å². The Morgan fingerprint density at radius 1 is 0.968 bits per heavy atom. The summed E-state index contributed by atoms with van der Waals surface area (Å²) in [5.41, 5.74) is 0.358. The van der Waals surface area contributed by atoms with Gasteiger partial charge in [0, 0.05) is 12.3 Å². The highest BCUT2D eigenvalue weighted by Crippen LogP contribution is 2.67. The van der Waals surface area contributed by atoms with Gasteiger partial charge < -0.3 is 10.2 Å². The molecule has 0 aromatic carbocycles. The van der Waals surface area contributed by atoms with Crippen molar-refractivity contribution in [1.29, 1.82) is 0 Å². The Morgan fingerprint density at radius 2 is 1.61 bits per heavy atom.